The first kappa shape index (κ1) is 13.0. The Hall–Kier alpha value is -0.0400. The van der Waals surface area contributed by atoms with Crippen LogP contribution in [0, 0.1) is 22.7 Å². The van der Waals surface area contributed by atoms with E-state index in [0.29, 0.717) is 22.9 Å². The molecule has 0 bridgehead atoms. The maximum Gasteiger partial charge on any atom is 0.0147 e. The van der Waals surface area contributed by atoms with Crippen molar-refractivity contribution < 1.29 is 0 Å². The van der Waals surface area contributed by atoms with Crippen LogP contribution in [0.1, 0.15) is 55.4 Å². The zero-order valence-corrected chi connectivity index (χ0v) is 11.8. The summed E-state index contributed by atoms with van der Waals surface area (Å²) in [5, 5.41) is 3.87. The first-order valence-electron chi connectivity index (χ1n) is 6.31. The van der Waals surface area contributed by atoms with Crippen molar-refractivity contribution in [2.24, 2.45) is 22.7 Å². The van der Waals surface area contributed by atoms with Gasteiger partial charge >= 0.3 is 0 Å². The molecule has 0 amide bonds. The molecule has 1 nitrogen and oxygen atoms in total. The second kappa shape index (κ2) is 3.76. The van der Waals surface area contributed by atoms with Gasteiger partial charge in [-0.15, -0.1) is 0 Å². The Morgan fingerprint density at radius 2 is 0.933 bits per heavy atom. The van der Waals surface area contributed by atoms with Gasteiger partial charge < -0.3 is 5.32 Å². The Labute approximate surface area is 96.0 Å². The summed E-state index contributed by atoms with van der Waals surface area (Å²) in [6.45, 7) is 18.9. The summed E-state index contributed by atoms with van der Waals surface area (Å²) in [7, 11) is 0. The standard InChI is InChI=1S/C14H29N/c1-9-10(2)12(14(6,7)8)15-11(9)13(3,4)5/h9-12,15H,1-8H3. The monoisotopic (exact) mass is 211 g/mol. The van der Waals surface area contributed by atoms with E-state index in [1.54, 1.807) is 0 Å². The van der Waals surface area contributed by atoms with E-state index in [1.165, 1.54) is 0 Å². The molecule has 0 radical (unpaired) electrons. The molecular formula is C14H29N. The Balaban J connectivity index is 2.86. The summed E-state index contributed by atoms with van der Waals surface area (Å²) in [4.78, 5) is 0. The van der Waals surface area contributed by atoms with E-state index < -0.39 is 0 Å². The van der Waals surface area contributed by atoms with Gasteiger partial charge in [0.05, 0.1) is 0 Å². The Kier molecular flexibility index (Phi) is 3.27. The Bertz CT molecular complexity index is 194. The maximum atomic E-state index is 3.87. The van der Waals surface area contributed by atoms with Crippen molar-refractivity contribution in [3.8, 4) is 0 Å². The molecule has 0 aromatic heterocycles. The van der Waals surface area contributed by atoms with Crippen molar-refractivity contribution in [1.82, 2.24) is 5.32 Å². The van der Waals surface area contributed by atoms with Crippen molar-refractivity contribution in [3.63, 3.8) is 0 Å². The third-order valence-electron chi connectivity index (χ3n) is 4.11. The molecule has 1 heterocycles. The predicted molar refractivity (Wildman–Crippen MR) is 67.9 cm³/mol. The van der Waals surface area contributed by atoms with Gasteiger partial charge in [0.1, 0.15) is 0 Å². The van der Waals surface area contributed by atoms with E-state index >= 15 is 0 Å². The quantitative estimate of drug-likeness (QED) is 0.644. The van der Waals surface area contributed by atoms with Crippen molar-refractivity contribution in [2.75, 3.05) is 0 Å². The van der Waals surface area contributed by atoms with Crippen LogP contribution in [0.5, 0.6) is 0 Å². The maximum absolute atomic E-state index is 3.87. The highest BCUT2D eigenvalue weighted by Gasteiger charge is 2.46. The van der Waals surface area contributed by atoms with Crippen molar-refractivity contribution in [2.45, 2.75) is 67.5 Å². The molecule has 0 aliphatic carbocycles. The fourth-order valence-corrected chi connectivity index (χ4v) is 3.18. The van der Waals surface area contributed by atoms with E-state index in [2.05, 4.69) is 60.7 Å². The fraction of sp³-hybridized carbons (Fsp3) is 1.00. The molecule has 4 unspecified atom stereocenters. The SMILES string of the molecule is CC1C(C)C(C(C)(C)C)NC1C(C)(C)C. The van der Waals surface area contributed by atoms with Gasteiger partial charge in [-0.3, -0.25) is 0 Å². The number of hydrogen-bond donors (Lipinski definition) is 1. The summed E-state index contributed by atoms with van der Waals surface area (Å²) >= 11 is 0. The average Bonchev–Trinajstić information content (AvgIpc) is 2.26. The van der Waals surface area contributed by atoms with Crippen LogP contribution in [0.2, 0.25) is 0 Å². The largest absolute Gasteiger partial charge is 0.310 e. The van der Waals surface area contributed by atoms with Crippen molar-refractivity contribution in [3.05, 3.63) is 0 Å². The molecule has 0 saturated carbocycles. The molecule has 1 aliphatic rings. The van der Waals surface area contributed by atoms with Crippen LogP contribution in [0.3, 0.4) is 0 Å². The summed E-state index contributed by atoms with van der Waals surface area (Å²) in [6.07, 6.45) is 0. The van der Waals surface area contributed by atoms with Gasteiger partial charge in [0.2, 0.25) is 0 Å². The van der Waals surface area contributed by atoms with Gasteiger partial charge in [-0.1, -0.05) is 55.4 Å². The molecule has 15 heavy (non-hydrogen) atoms. The Morgan fingerprint density at radius 3 is 1.07 bits per heavy atom. The zero-order valence-electron chi connectivity index (χ0n) is 11.8. The number of hydrogen-bond acceptors (Lipinski definition) is 1. The molecule has 0 aromatic carbocycles. The second-order valence-corrected chi connectivity index (χ2v) is 7.57. The van der Waals surface area contributed by atoms with E-state index in [0.717, 1.165) is 11.8 Å². The van der Waals surface area contributed by atoms with E-state index in [9.17, 15) is 0 Å². The first-order valence-corrected chi connectivity index (χ1v) is 6.31. The lowest BCUT2D eigenvalue weighted by molar-refractivity contribution is 0.225. The average molecular weight is 211 g/mol. The van der Waals surface area contributed by atoms with Crippen molar-refractivity contribution in [1.29, 1.82) is 0 Å². The minimum Gasteiger partial charge on any atom is -0.310 e. The number of rotatable bonds is 0. The normalized spacial score (nSPS) is 38.4. The Morgan fingerprint density at radius 1 is 0.667 bits per heavy atom. The fourth-order valence-electron chi connectivity index (χ4n) is 3.18. The minimum absolute atomic E-state index is 0.369. The van der Waals surface area contributed by atoms with Gasteiger partial charge in [0.15, 0.2) is 0 Å². The van der Waals surface area contributed by atoms with Gasteiger partial charge in [-0.25, -0.2) is 0 Å². The third kappa shape index (κ3) is 2.55. The van der Waals surface area contributed by atoms with Gasteiger partial charge in [-0.2, -0.15) is 0 Å². The van der Waals surface area contributed by atoms with Crippen LogP contribution in [0.4, 0.5) is 0 Å². The lowest BCUT2D eigenvalue weighted by atomic mass is 9.74. The number of nitrogens with one attached hydrogen (secondary N) is 1. The smallest absolute Gasteiger partial charge is 0.0147 e. The van der Waals surface area contributed by atoms with Crippen LogP contribution in [-0.4, -0.2) is 12.1 Å². The molecule has 1 saturated heterocycles. The van der Waals surface area contributed by atoms with Crippen LogP contribution in [-0.2, 0) is 0 Å². The van der Waals surface area contributed by atoms with Gasteiger partial charge in [-0.05, 0) is 22.7 Å². The minimum atomic E-state index is 0.369. The highest BCUT2D eigenvalue weighted by Crippen LogP contribution is 2.41. The lowest BCUT2D eigenvalue weighted by Crippen LogP contribution is -2.45. The topological polar surface area (TPSA) is 12.0 Å². The van der Waals surface area contributed by atoms with E-state index in [-0.39, 0.29) is 0 Å². The van der Waals surface area contributed by atoms with Crippen molar-refractivity contribution >= 4 is 0 Å². The lowest BCUT2D eigenvalue weighted by Gasteiger charge is -2.33. The third-order valence-corrected chi connectivity index (χ3v) is 4.11. The van der Waals surface area contributed by atoms with Gasteiger partial charge in [0.25, 0.3) is 0 Å². The first-order chi connectivity index (χ1) is 6.55. The molecule has 90 valence electrons. The molecule has 1 rings (SSSR count). The highest BCUT2D eigenvalue weighted by molar-refractivity contribution is 5.02. The summed E-state index contributed by atoms with van der Waals surface area (Å²) in [5.74, 6) is 1.54. The summed E-state index contributed by atoms with van der Waals surface area (Å²) in [6, 6.07) is 1.30. The summed E-state index contributed by atoms with van der Waals surface area (Å²) in [5.41, 5.74) is 0.737. The van der Waals surface area contributed by atoms with Crippen LogP contribution in [0.25, 0.3) is 0 Å². The molecule has 1 N–H and O–H groups in total. The molecule has 1 aliphatic heterocycles. The highest BCUT2D eigenvalue weighted by atomic mass is 15.0. The molecule has 0 spiro atoms. The predicted octanol–water partition coefficient (Wildman–Crippen LogP) is 3.69. The molecule has 0 aromatic rings. The zero-order chi connectivity index (χ0) is 12.0. The second-order valence-electron chi connectivity index (χ2n) is 7.57. The summed E-state index contributed by atoms with van der Waals surface area (Å²) < 4.78 is 0. The van der Waals surface area contributed by atoms with Crippen LogP contribution in [0.15, 0.2) is 0 Å². The van der Waals surface area contributed by atoms with Gasteiger partial charge in [0, 0.05) is 12.1 Å². The molecular weight excluding hydrogens is 182 g/mol. The van der Waals surface area contributed by atoms with E-state index in [1.807, 2.05) is 0 Å². The molecule has 1 fully saturated rings. The molecule has 4 atom stereocenters. The van der Waals surface area contributed by atoms with Crippen LogP contribution < -0.4 is 5.32 Å². The van der Waals surface area contributed by atoms with Crippen LogP contribution >= 0.6 is 0 Å². The van der Waals surface area contributed by atoms with E-state index in [4.69, 9.17) is 0 Å². The molecule has 1 heteroatoms.